The maximum atomic E-state index is 12.1. The zero-order valence-corrected chi connectivity index (χ0v) is 14.2. The number of hydrogen-bond donors (Lipinski definition) is 1. The number of carbonyl (C=O) groups excluding carboxylic acids is 1. The van der Waals surface area contributed by atoms with Crippen molar-refractivity contribution >= 4 is 17.0 Å². The van der Waals surface area contributed by atoms with Gasteiger partial charge in [-0.3, -0.25) is 9.36 Å². The van der Waals surface area contributed by atoms with Crippen molar-refractivity contribution in [2.24, 2.45) is 7.05 Å². The number of fused-ring (bicyclic) bond motifs is 1. The van der Waals surface area contributed by atoms with Crippen LogP contribution >= 0.6 is 0 Å². The Kier molecular flexibility index (Phi) is 4.88. The van der Waals surface area contributed by atoms with Crippen molar-refractivity contribution < 1.29 is 13.9 Å². The Labute approximate surface area is 145 Å². The monoisotopic (exact) mass is 340 g/mol. The van der Waals surface area contributed by atoms with Gasteiger partial charge in [0.2, 0.25) is 5.91 Å². The van der Waals surface area contributed by atoms with E-state index < -0.39 is 5.76 Å². The molecule has 0 unspecified atom stereocenters. The molecule has 0 saturated heterocycles. The van der Waals surface area contributed by atoms with Crippen LogP contribution in [-0.4, -0.2) is 24.1 Å². The van der Waals surface area contributed by atoms with Crippen molar-refractivity contribution in [2.75, 3.05) is 13.7 Å². The predicted molar refractivity (Wildman–Crippen MR) is 94.9 cm³/mol. The molecule has 1 amide bonds. The smallest absolute Gasteiger partial charge is 0.419 e. The Balaban J connectivity index is 1.55. The molecule has 6 heteroatoms. The number of aryl methyl sites for hydroxylation is 1. The van der Waals surface area contributed by atoms with Crippen LogP contribution in [0, 0.1) is 0 Å². The van der Waals surface area contributed by atoms with Gasteiger partial charge >= 0.3 is 5.76 Å². The fourth-order valence-electron chi connectivity index (χ4n) is 2.67. The maximum absolute atomic E-state index is 12.1. The average molecular weight is 340 g/mol. The van der Waals surface area contributed by atoms with Gasteiger partial charge < -0.3 is 14.5 Å². The first-order chi connectivity index (χ1) is 12.1. The number of oxazole rings is 1. The SMILES string of the molecule is COc1ccc(CCNC(=O)Cc2ccc3oc(=O)n(C)c3c2)cc1. The lowest BCUT2D eigenvalue weighted by atomic mass is 10.1. The molecule has 0 aliphatic rings. The molecule has 0 saturated carbocycles. The summed E-state index contributed by atoms with van der Waals surface area (Å²) < 4.78 is 11.6. The second-order valence-electron chi connectivity index (χ2n) is 5.85. The molecule has 0 radical (unpaired) electrons. The van der Waals surface area contributed by atoms with Crippen LogP contribution in [0.1, 0.15) is 11.1 Å². The Bertz CT molecular complexity index is 938. The molecular formula is C19H20N2O4. The number of carbonyl (C=O) groups is 1. The van der Waals surface area contributed by atoms with Gasteiger partial charge in [0, 0.05) is 13.6 Å². The molecule has 25 heavy (non-hydrogen) atoms. The minimum atomic E-state index is -0.406. The first-order valence-electron chi connectivity index (χ1n) is 8.05. The molecule has 130 valence electrons. The van der Waals surface area contributed by atoms with E-state index in [0.29, 0.717) is 17.6 Å². The molecule has 0 aliphatic heterocycles. The number of nitrogens with one attached hydrogen (secondary N) is 1. The normalized spacial score (nSPS) is 10.8. The van der Waals surface area contributed by atoms with Gasteiger partial charge in [-0.1, -0.05) is 18.2 Å². The summed E-state index contributed by atoms with van der Waals surface area (Å²) in [7, 11) is 3.28. The Morgan fingerprint density at radius 2 is 1.88 bits per heavy atom. The van der Waals surface area contributed by atoms with Crippen molar-refractivity contribution in [2.45, 2.75) is 12.8 Å². The van der Waals surface area contributed by atoms with Crippen LogP contribution in [0.3, 0.4) is 0 Å². The number of aromatic nitrogens is 1. The van der Waals surface area contributed by atoms with Gasteiger partial charge in [-0.05, 0) is 41.8 Å². The van der Waals surface area contributed by atoms with Crippen LogP contribution in [0.15, 0.2) is 51.7 Å². The van der Waals surface area contributed by atoms with Crippen LogP contribution in [0.25, 0.3) is 11.1 Å². The van der Waals surface area contributed by atoms with E-state index in [0.717, 1.165) is 23.3 Å². The number of rotatable bonds is 6. The quantitative estimate of drug-likeness (QED) is 0.745. The van der Waals surface area contributed by atoms with Crippen LogP contribution in [-0.2, 0) is 24.7 Å². The molecule has 1 heterocycles. The van der Waals surface area contributed by atoms with Crippen molar-refractivity contribution in [3.63, 3.8) is 0 Å². The highest BCUT2D eigenvalue weighted by Gasteiger charge is 2.09. The summed E-state index contributed by atoms with van der Waals surface area (Å²) in [5, 5.41) is 2.91. The molecular weight excluding hydrogens is 320 g/mol. The molecule has 2 aromatic carbocycles. The Morgan fingerprint density at radius 1 is 1.16 bits per heavy atom. The van der Waals surface area contributed by atoms with Gasteiger partial charge in [0.1, 0.15) is 5.75 Å². The Hall–Kier alpha value is -3.02. The summed E-state index contributed by atoms with van der Waals surface area (Å²) in [5.74, 6) is 0.356. The van der Waals surface area contributed by atoms with Crippen molar-refractivity contribution in [1.82, 2.24) is 9.88 Å². The maximum Gasteiger partial charge on any atom is 0.419 e. The zero-order chi connectivity index (χ0) is 17.8. The largest absolute Gasteiger partial charge is 0.497 e. The highest BCUT2D eigenvalue weighted by atomic mass is 16.5. The highest BCUT2D eigenvalue weighted by molar-refractivity contribution is 5.81. The lowest BCUT2D eigenvalue weighted by Gasteiger charge is -2.07. The van der Waals surface area contributed by atoms with Gasteiger partial charge in [0.05, 0.1) is 19.0 Å². The summed E-state index contributed by atoms with van der Waals surface area (Å²) >= 11 is 0. The van der Waals surface area contributed by atoms with Gasteiger partial charge in [-0.25, -0.2) is 4.79 Å². The molecule has 6 nitrogen and oxygen atoms in total. The van der Waals surface area contributed by atoms with Crippen LogP contribution in [0.5, 0.6) is 5.75 Å². The summed E-state index contributed by atoms with van der Waals surface area (Å²) in [4.78, 5) is 23.6. The number of amides is 1. The van der Waals surface area contributed by atoms with Gasteiger partial charge in [0.25, 0.3) is 0 Å². The van der Waals surface area contributed by atoms with Crippen LogP contribution in [0.2, 0.25) is 0 Å². The van der Waals surface area contributed by atoms with E-state index in [4.69, 9.17) is 9.15 Å². The number of benzene rings is 2. The zero-order valence-electron chi connectivity index (χ0n) is 14.2. The van der Waals surface area contributed by atoms with E-state index >= 15 is 0 Å². The van der Waals surface area contributed by atoms with Gasteiger partial charge in [-0.2, -0.15) is 0 Å². The third kappa shape index (κ3) is 3.91. The molecule has 1 aromatic heterocycles. The molecule has 0 bridgehead atoms. The fraction of sp³-hybridized carbons (Fsp3) is 0.263. The first-order valence-corrected chi connectivity index (χ1v) is 8.05. The van der Waals surface area contributed by atoms with E-state index in [-0.39, 0.29) is 12.3 Å². The summed E-state index contributed by atoms with van der Waals surface area (Å²) in [6, 6.07) is 13.1. The van der Waals surface area contributed by atoms with Gasteiger partial charge in [0.15, 0.2) is 5.58 Å². The van der Waals surface area contributed by atoms with E-state index in [1.54, 1.807) is 26.3 Å². The van der Waals surface area contributed by atoms with Crippen LogP contribution < -0.4 is 15.8 Å². The first kappa shape index (κ1) is 16.8. The molecule has 0 fully saturated rings. The van der Waals surface area contributed by atoms with E-state index in [1.807, 2.05) is 30.3 Å². The molecule has 0 aliphatic carbocycles. The minimum absolute atomic E-state index is 0.0543. The number of hydrogen-bond acceptors (Lipinski definition) is 4. The summed E-state index contributed by atoms with van der Waals surface area (Å²) in [6.45, 7) is 0.567. The molecule has 0 spiro atoms. The second kappa shape index (κ2) is 7.25. The standard InChI is InChI=1S/C19H20N2O4/c1-21-16-11-14(5-8-17(16)25-19(21)23)12-18(22)20-10-9-13-3-6-15(24-2)7-4-13/h3-8,11H,9-10,12H2,1-2H3,(H,20,22). The number of methoxy groups -OCH3 is 1. The van der Waals surface area contributed by atoms with Crippen molar-refractivity contribution in [1.29, 1.82) is 0 Å². The second-order valence-corrected chi connectivity index (χ2v) is 5.85. The topological polar surface area (TPSA) is 73.5 Å². The molecule has 3 aromatic rings. The third-order valence-corrected chi connectivity index (χ3v) is 4.12. The van der Waals surface area contributed by atoms with E-state index in [1.165, 1.54) is 4.57 Å². The van der Waals surface area contributed by atoms with E-state index in [9.17, 15) is 9.59 Å². The lowest BCUT2D eigenvalue weighted by molar-refractivity contribution is -0.120. The third-order valence-electron chi connectivity index (χ3n) is 4.12. The molecule has 1 N–H and O–H groups in total. The van der Waals surface area contributed by atoms with Gasteiger partial charge in [-0.15, -0.1) is 0 Å². The minimum Gasteiger partial charge on any atom is -0.497 e. The van der Waals surface area contributed by atoms with E-state index in [2.05, 4.69) is 5.32 Å². The fourth-order valence-corrected chi connectivity index (χ4v) is 2.67. The van der Waals surface area contributed by atoms with Crippen molar-refractivity contribution in [3.05, 3.63) is 64.1 Å². The predicted octanol–water partition coefficient (Wildman–Crippen LogP) is 2.04. The summed E-state index contributed by atoms with van der Waals surface area (Å²) in [6.07, 6.45) is 1.02. The molecule has 0 atom stereocenters. The summed E-state index contributed by atoms with van der Waals surface area (Å²) in [5.41, 5.74) is 3.19. The van der Waals surface area contributed by atoms with Crippen LogP contribution in [0.4, 0.5) is 0 Å². The number of ether oxygens (including phenoxy) is 1. The number of nitrogens with zero attached hydrogens (tertiary/aromatic N) is 1. The lowest BCUT2D eigenvalue weighted by Crippen LogP contribution is -2.27. The Morgan fingerprint density at radius 3 is 2.60 bits per heavy atom. The highest BCUT2D eigenvalue weighted by Crippen LogP contribution is 2.15. The average Bonchev–Trinajstić information content (AvgIpc) is 2.90. The van der Waals surface area contributed by atoms with Crippen molar-refractivity contribution in [3.8, 4) is 5.75 Å². The molecule has 3 rings (SSSR count).